The zero-order valence-corrected chi connectivity index (χ0v) is 13.0. The number of furan rings is 1. The molecule has 3 N–H and O–H groups in total. The first kappa shape index (κ1) is 14.5. The Morgan fingerprint density at radius 1 is 1.19 bits per heavy atom. The van der Waals surface area contributed by atoms with E-state index in [9.17, 15) is 0 Å². The Morgan fingerprint density at radius 2 is 2.00 bits per heavy atom. The average Bonchev–Trinajstić information content (AvgIpc) is 2.91. The van der Waals surface area contributed by atoms with Crippen molar-refractivity contribution in [1.82, 2.24) is 5.43 Å². The van der Waals surface area contributed by atoms with Gasteiger partial charge in [-0.2, -0.15) is 0 Å². The second-order valence-corrected chi connectivity index (χ2v) is 5.96. The molecule has 2 aromatic carbocycles. The Labute approximate surface area is 132 Å². The molecule has 0 aliphatic heterocycles. The maximum atomic E-state index is 6.02. The van der Waals surface area contributed by atoms with Crippen molar-refractivity contribution in [3.05, 3.63) is 64.9 Å². The highest BCUT2D eigenvalue weighted by Crippen LogP contribution is 2.33. The van der Waals surface area contributed by atoms with Crippen molar-refractivity contribution in [2.45, 2.75) is 10.9 Å². The normalized spacial score (nSPS) is 12.7. The summed E-state index contributed by atoms with van der Waals surface area (Å²) in [4.78, 5) is 1.17. The fourth-order valence-electron chi connectivity index (χ4n) is 2.41. The molecule has 3 nitrogen and oxygen atoms in total. The minimum atomic E-state index is -0.195. The number of benzene rings is 2. The number of hydrazine groups is 1. The molecule has 1 aromatic heterocycles. The summed E-state index contributed by atoms with van der Waals surface area (Å²) in [6, 6.07) is 15.5. The van der Waals surface area contributed by atoms with Crippen molar-refractivity contribution < 1.29 is 4.42 Å². The van der Waals surface area contributed by atoms with Gasteiger partial charge >= 0.3 is 0 Å². The topological polar surface area (TPSA) is 51.2 Å². The van der Waals surface area contributed by atoms with Crippen LogP contribution < -0.4 is 11.3 Å². The van der Waals surface area contributed by atoms with E-state index >= 15 is 0 Å². The third kappa shape index (κ3) is 2.80. The minimum Gasteiger partial charge on any atom is -0.459 e. The van der Waals surface area contributed by atoms with E-state index in [2.05, 4.69) is 17.6 Å². The molecule has 0 bridgehead atoms. The predicted molar refractivity (Wildman–Crippen MR) is 88.6 cm³/mol. The van der Waals surface area contributed by atoms with Gasteiger partial charge in [0.15, 0.2) is 0 Å². The lowest BCUT2D eigenvalue weighted by Crippen LogP contribution is -2.28. The van der Waals surface area contributed by atoms with Crippen molar-refractivity contribution in [2.75, 3.05) is 6.26 Å². The van der Waals surface area contributed by atoms with E-state index in [1.54, 1.807) is 11.8 Å². The van der Waals surface area contributed by atoms with Gasteiger partial charge in [0.1, 0.15) is 17.4 Å². The van der Waals surface area contributed by atoms with Gasteiger partial charge in [0.25, 0.3) is 0 Å². The molecule has 3 rings (SSSR count). The number of nitrogens with one attached hydrogen (secondary N) is 1. The highest BCUT2D eigenvalue weighted by Gasteiger charge is 2.19. The first-order chi connectivity index (χ1) is 10.2. The molecule has 1 unspecified atom stereocenters. The van der Waals surface area contributed by atoms with Crippen LogP contribution in [0.3, 0.4) is 0 Å². The highest BCUT2D eigenvalue weighted by molar-refractivity contribution is 7.98. The highest BCUT2D eigenvalue weighted by atomic mass is 35.5. The molecule has 1 atom stereocenters. The molecule has 0 fully saturated rings. The van der Waals surface area contributed by atoms with E-state index in [0.29, 0.717) is 5.02 Å². The number of rotatable bonds is 4. The van der Waals surface area contributed by atoms with Crippen molar-refractivity contribution in [2.24, 2.45) is 5.84 Å². The lowest BCUT2D eigenvalue weighted by Gasteiger charge is -2.16. The molecule has 0 aliphatic carbocycles. The first-order valence-electron chi connectivity index (χ1n) is 6.51. The average molecular weight is 319 g/mol. The van der Waals surface area contributed by atoms with E-state index in [0.717, 1.165) is 22.3 Å². The predicted octanol–water partition coefficient (Wildman–Crippen LogP) is 4.36. The molecule has 0 saturated heterocycles. The Morgan fingerprint density at radius 3 is 2.76 bits per heavy atom. The van der Waals surface area contributed by atoms with Crippen LogP contribution in [0.15, 0.2) is 57.8 Å². The Bertz CT molecular complexity index is 772. The molecule has 1 heterocycles. The Hall–Kier alpha value is -1.46. The Kier molecular flexibility index (Phi) is 4.22. The van der Waals surface area contributed by atoms with Gasteiger partial charge in [-0.25, -0.2) is 5.43 Å². The summed E-state index contributed by atoms with van der Waals surface area (Å²) >= 11 is 7.71. The van der Waals surface area contributed by atoms with Crippen LogP contribution in [-0.4, -0.2) is 6.26 Å². The molecule has 0 spiro atoms. The van der Waals surface area contributed by atoms with Gasteiger partial charge in [-0.3, -0.25) is 5.84 Å². The summed E-state index contributed by atoms with van der Waals surface area (Å²) in [7, 11) is 0. The number of hydrogen-bond acceptors (Lipinski definition) is 4. The monoisotopic (exact) mass is 318 g/mol. The van der Waals surface area contributed by atoms with Gasteiger partial charge in [-0.05, 0) is 42.2 Å². The molecular weight excluding hydrogens is 304 g/mol. The largest absolute Gasteiger partial charge is 0.459 e. The summed E-state index contributed by atoms with van der Waals surface area (Å²) in [6.45, 7) is 0. The van der Waals surface area contributed by atoms with E-state index < -0.39 is 0 Å². The molecular formula is C16H15ClN2OS. The number of thioether (sulfide) groups is 1. The molecule has 0 radical (unpaired) electrons. The minimum absolute atomic E-state index is 0.195. The number of halogens is 1. The Balaban J connectivity index is 2.09. The molecule has 21 heavy (non-hydrogen) atoms. The zero-order chi connectivity index (χ0) is 14.8. The molecule has 0 amide bonds. The standard InChI is InChI=1S/C16H15ClN2OS/c1-21-15-5-3-2-4-12(15)16(19-18)14-9-10-8-11(17)6-7-13(10)20-14/h2-9,16,19H,18H2,1H3. The summed E-state index contributed by atoms with van der Waals surface area (Å²) in [6.07, 6.45) is 2.05. The van der Waals surface area contributed by atoms with Gasteiger partial charge in [0.2, 0.25) is 0 Å². The fraction of sp³-hybridized carbons (Fsp3) is 0.125. The number of fused-ring (bicyclic) bond motifs is 1. The van der Waals surface area contributed by atoms with Crippen LogP contribution in [0.1, 0.15) is 17.4 Å². The third-order valence-corrected chi connectivity index (χ3v) is 4.45. The second kappa shape index (κ2) is 6.12. The fourth-order valence-corrected chi connectivity index (χ4v) is 3.22. The van der Waals surface area contributed by atoms with Gasteiger partial charge in [-0.1, -0.05) is 29.8 Å². The lowest BCUT2D eigenvalue weighted by atomic mass is 10.0. The number of hydrogen-bond donors (Lipinski definition) is 2. The van der Waals surface area contributed by atoms with E-state index in [1.807, 2.05) is 42.7 Å². The smallest absolute Gasteiger partial charge is 0.134 e. The quantitative estimate of drug-likeness (QED) is 0.426. The summed E-state index contributed by atoms with van der Waals surface area (Å²) in [5.74, 6) is 6.54. The molecule has 3 aromatic rings. The van der Waals surface area contributed by atoms with Crippen LogP contribution >= 0.6 is 23.4 Å². The van der Waals surface area contributed by atoms with Gasteiger partial charge < -0.3 is 4.42 Å². The maximum Gasteiger partial charge on any atom is 0.134 e. The van der Waals surface area contributed by atoms with Crippen LogP contribution in [0.4, 0.5) is 0 Å². The zero-order valence-electron chi connectivity index (χ0n) is 11.5. The summed E-state index contributed by atoms with van der Waals surface area (Å²) in [5, 5.41) is 1.66. The molecule has 0 saturated carbocycles. The van der Waals surface area contributed by atoms with Crippen LogP contribution in [0, 0.1) is 0 Å². The number of nitrogens with two attached hydrogens (primary N) is 1. The van der Waals surface area contributed by atoms with E-state index in [-0.39, 0.29) is 6.04 Å². The van der Waals surface area contributed by atoms with Crippen molar-refractivity contribution >= 4 is 34.3 Å². The summed E-state index contributed by atoms with van der Waals surface area (Å²) < 4.78 is 5.92. The van der Waals surface area contributed by atoms with Crippen LogP contribution in [0.25, 0.3) is 11.0 Å². The van der Waals surface area contributed by atoms with Crippen LogP contribution in [-0.2, 0) is 0 Å². The van der Waals surface area contributed by atoms with Crippen molar-refractivity contribution in [3.8, 4) is 0 Å². The van der Waals surface area contributed by atoms with E-state index in [4.69, 9.17) is 21.9 Å². The third-order valence-electron chi connectivity index (χ3n) is 3.40. The molecule has 0 aliphatic rings. The van der Waals surface area contributed by atoms with Crippen molar-refractivity contribution in [3.63, 3.8) is 0 Å². The molecule has 5 heteroatoms. The van der Waals surface area contributed by atoms with Crippen molar-refractivity contribution in [1.29, 1.82) is 0 Å². The van der Waals surface area contributed by atoms with Crippen LogP contribution in [0.2, 0.25) is 5.02 Å². The second-order valence-electron chi connectivity index (χ2n) is 4.67. The van der Waals surface area contributed by atoms with E-state index in [1.165, 1.54) is 4.90 Å². The first-order valence-corrected chi connectivity index (χ1v) is 8.11. The van der Waals surface area contributed by atoms with Crippen LogP contribution in [0.5, 0.6) is 0 Å². The molecule has 108 valence electrons. The summed E-state index contributed by atoms with van der Waals surface area (Å²) in [5.41, 5.74) is 4.74. The lowest BCUT2D eigenvalue weighted by molar-refractivity contribution is 0.474. The maximum absolute atomic E-state index is 6.02. The van der Waals surface area contributed by atoms with Gasteiger partial charge in [0.05, 0.1) is 0 Å². The van der Waals surface area contributed by atoms with Gasteiger partial charge in [-0.15, -0.1) is 11.8 Å². The SMILES string of the molecule is CSc1ccccc1C(NN)c1cc2cc(Cl)ccc2o1. The van der Waals surface area contributed by atoms with Gasteiger partial charge in [0, 0.05) is 15.3 Å².